The van der Waals surface area contributed by atoms with E-state index in [9.17, 15) is 4.79 Å². The van der Waals surface area contributed by atoms with Gasteiger partial charge in [-0.2, -0.15) is 0 Å². The zero-order valence-corrected chi connectivity index (χ0v) is 16.1. The van der Waals surface area contributed by atoms with Crippen LogP contribution in [0.25, 0.3) is 0 Å². The molecule has 0 bridgehead atoms. The summed E-state index contributed by atoms with van der Waals surface area (Å²) >= 11 is 5.95. The maximum atomic E-state index is 12.4. The van der Waals surface area contributed by atoms with Gasteiger partial charge in [-0.1, -0.05) is 23.7 Å². The van der Waals surface area contributed by atoms with E-state index in [1.165, 1.54) is 11.1 Å². The van der Waals surface area contributed by atoms with Crippen molar-refractivity contribution in [1.82, 2.24) is 14.8 Å². The first-order chi connectivity index (χ1) is 12.5. The standard InChI is InChI=1S/C20H25ClN4O/c1-15-4-3-5-18(16(15)2)23-20(26)14-25-10-8-24(9-11-25)13-17-6-7-22-19(21)12-17/h3-7,12H,8-11,13-14H2,1-2H3,(H,23,26). The van der Waals surface area contributed by atoms with E-state index in [0.717, 1.165) is 44.0 Å². The van der Waals surface area contributed by atoms with Crippen LogP contribution >= 0.6 is 11.6 Å². The molecule has 1 N–H and O–H groups in total. The number of aromatic nitrogens is 1. The molecule has 2 heterocycles. The molecule has 1 saturated heterocycles. The summed E-state index contributed by atoms with van der Waals surface area (Å²) in [6.07, 6.45) is 1.74. The van der Waals surface area contributed by atoms with Crippen molar-refractivity contribution in [3.05, 3.63) is 58.4 Å². The first-order valence-electron chi connectivity index (χ1n) is 8.92. The van der Waals surface area contributed by atoms with E-state index in [4.69, 9.17) is 11.6 Å². The Morgan fingerprint density at radius 3 is 2.62 bits per heavy atom. The lowest BCUT2D eigenvalue weighted by atomic mass is 10.1. The molecule has 1 amide bonds. The lowest BCUT2D eigenvalue weighted by molar-refractivity contribution is -0.117. The summed E-state index contributed by atoms with van der Waals surface area (Å²) in [5.41, 5.74) is 4.39. The van der Waals surface area contributed by atoms with Crippen LogP contribution in [-0.4, -0.2) is 53.4 Å². The predicted octanol–water partition coefficient (Wildman–Crippen LogP) is 3.11. The Bertz CT molecular complexity index is 772. The molecule has 1 aliphatic heterocycles. The predicted molar refractivity (Wildman–Crippen MR) is 106 cm³/mol. The fourth-order valence-corrected chi connectivity index (χ4v) is 3.38. The van der Waals surface area contributed by atoms with Gasteiger partial charge in [-0.15, -0.1) is 0 Å². The minimum atomic E-state index is 0.0491. The normalized spacial score (nSPS) is 15.8. The molecule has 138 valence electrons. The fourth-order valence-electron chi connectivity index (χ4n) is 3.18. The van der Waals surface area contributed by atoms with E-state index in [-0.39, 0.29) is 5.91 Å². The molecule has 2 aromatic rings. The minimum Gasteiger partial charge on any atom is -0.325 e. The molecule has 1 aromatic carbocycles. The first-order valence-corrected chi connectivity index (χ1v) is 9.30. The highest BCUT2D eigenvalue weighted by molar-refractivity contribution is 6.29. The second-order valence-electron chi connectivity index (χ2n) is 6.83. The first kappa shape index (κ1) is 18.8. The van der Waals surface area contributed by atoms with Gasteiger partial charge in [0.1, 0.15) is 5.15 Å². The number of piperazine rings is 1. The highest BCUT2D eigenvalue weighted by Crippen LogP contribution is 2.18. The Kier molecular flexibility index (Phi) is 6.25. The Balaban J connectivity index is 1.46. The summed E-state index contributed by atoms with van der Waals surface area (Å²) in [7, 11) is 0. The summed E-state index contributed by atoms with van der Waals surface area (Å²) < 4.78 is 0. The van der Waals surface area contributed by atoms with Crippen molar-refractivity contribution in [2.75, 3.05) is 38.0 Å². The summed E-state index contributed by atoms with van der Waals surface area (Å²) in [6.45, 7) is 9.05. The van der Waals surface area contributed by atoms with Crippen molar-refractivity contribution in [2.45, 2.75) is 20.4 Å². The van der Waals surface area contributed by atoms with E-state index in [2.05, 4.69) is 33.1 Å². The van der Waals surface area contributed by atoms with Crippen LogP contribution in [0.5, 0.6) is 0 Å². The molecule has 26 heavy (non-hydrogen) atoms. The number of rotatable bonds is 5. The quantitative estimate of drug-likeness (QED) is 0.819. The van der Waals surface area contributed by atoms with Crippen LogP contribution in [0.2, 0.25) is 5.15 Å². The number of anilines is 1. The second kappa shape index (κ2) is 8.62. The van der Waals surface area contributed by atoms with Gasteiger partial charge in [0.25, 0.3) is 0 Å². The van der Waals surface area contributed by atoms with Gasteiger partial charge in [-0.05, 0) is 48.7 Å². The third-order valence-electron chi connectivity index (χ3n) is 4.91. The molecule has 0 aliphatic carbocycles. The second-order valence-corrected chi connectivity index (χ2v) is 7.22. The molecular formula is C20H25ClN4O. The van der Waals surface area contributed by atoms with Gasteiger partial charge in [0.2, 0.25) is 5.91 Å². The van der Waals surface area contributed by atoms with Crippen molar-refractivity contribution >= 4 is 23.2 Å². The number of aryl methyl sites for hydroxylation is 1. The van der Waals surface area contributed by atoms with E-state index < -0.39 is 0 Å². The molecule has 0 atom stereocenters. The number of pyridine rings is 1. The molecule has 0 saturated carbocycles. The fraction of sp³-hybridized carbons (Fsp3) is 0.400. The van der Waals surface area contributed by atoms with E-state index in [1.54, 1.807) is 6.20 Å². The SMILES string of the molecule is Cc1cccc(NC(=O)CN2CCN(Cc3ccnc(Cl)c3)CC2)c1C. The monoisotopic (exact) mass is 372 g/mol. The molecule has 0 spiro atoms. The highest BCUT2D eigenvalue weighted by Gasteiger charge is 2.19. The highest BCUT2D eigenvalue weighted by atomic mass is 35.5. The molecule has 6 heteroatoms. The Morgan fingerprint density at radius 1 is 1.15 bits per heavy atom. The number of nitrogens with one attached hydrogen (secondary N) is 1. The maximum Gasteiger partial charge on any atom is 0.238 e. The number of carbonyl (C=O) groups is 1. The largest absolute Gasteiger partial charge is 0.325 e. The van der Waals surface area contributed by atoms with Crippen LogP contribution in [0.3, 0.4) is 0 Å². The number of nitrogens with zero attached hydrogens (tertiary/aromatic N) is 3. The molecule has 5 nitrogen and oxygen atoms in total. The Labute approximate surface area is 160 Å². The van der Waals surface area contributed by atoms with Crippen LogP contribution in [0.1, 0.15) is 16.7 Å². The topological polar surface area (TPSA) is 48.5 Å². The van der Waals surface area contributed by atoms with Crippen LogP contribution in [0.4, 0.5) is 5.69 Å². The van der Waals surface area contributed by atoms with Crippen molar-refractivity contribution in [1.29, 1.82) is 0 Å². The van der Waals surface area contributed by atoms with Crippen molar-refractivity contribution in [3.8, 4) is 0 Å². The summed E-state index contributed by atoms with van der Waals surface area (Å²) in [4.78, 5) is 21.0. The summed E-state index contributed by atoms with van der Waals surface area (Å²) in [5, 5.41) is 3.57. The average molecular weight is 373 g/mol. The number of benzene rings is 1. The van der Waals surface area contributed by atoms with Gasteiger partial charge in [0, 0.05) is 44.6 Å². The molecule has 3 rings (SSSR count). The van der Waals surface area contributed by atoms with E-state index >= 15 is 0 Å². The summed E-state index contributed by atoms with van der Waals surface area (Å²) in [6, 6.07) is 9.89. The zero-order valence-electron chi connectivity index (χ0n) is 15.3. The van der Waals surface area contributed by atoms with E-state index in [0.29, 0.717) is 11.7 Å². The number of halogens is 1. The van der Waals surface area contributed by atoms with Crippen LogP contribution in [0.15, 0.2) is 36.5 Å². The molecular weight excluding hydrogens is 348 g/mol. The molecule has 0 radical (unpaired) electrons. The van der Waals surface area contributed by atoms with Crippen LogP contribution in [0, 0.1) is 13.8 Å². The van der Waals surface area contributed by atoms with Crippen LogP contribution < -0.4 is 5.32 Å². The molecule has 1 aliphatic rings. The number of carbonyl (C=O) groups excluding carboxylic acids is 1. The summed E-state index contributed by atoms with van der Waals surface area (Å²) in [5.74, 6) is 0.0491. The Hall–Kier alpha value is -1.95. The third-order valence-corrected chi connectivity index (χ3v) is 5.11. The molecule has 1 fully saturated rings. The van der Waals surface area contributed by atoms with E-state index in [1.807, 2.05) is 31.2 Å². The van der Waals surface area contributed by atoms with Gasteiger partial charge in [0.05, 0.1) is 6.54 Å². The Morgan fingerprint density at radius 2 is 1.88 bits per heavy atom. The van der Waals surface area contributed by atoms with Gasteiger partial charge < -0.3 is 5.32 Å². The van der Waals surface area contributed by atoms with Crippen molar-refractivity contribution in [3.63, 3.8) is 0 Å². The minimum absolute atomic E-state index is 0.0491. The average Bonchev–Trinajstić information content (AvgIpc) is 2.61. The van der Waals surface area contributed by atoms with Gasteiger partial charge >= 0.3 is 0 Å². The molecule has 1 aromatic heterocycles. The van der Waals surface area contributed by atoms with Crippen LogP contribution in [-0.2, 0) is 11.3 Å². The van der Waals surface area contributed by atoms with Gasteiger partial charge in [-0.3, -0.25) is 14.6 Å². The third kappa shape index (κ3) is 5.04. The lowest BCUT2D eigenvalue weighted by Crippen LogP contribution is -2.48. The number of hydrogen-bond acceptors (Lipinski definition) is 4. The van der Waals surface area contributed by atoms with Crippen molar-refractivity contribution in [2.24, 2.45) is 0 Å². The van der Waals surface area contributed by atoms with Gasteiger partial charge in [-0.25, -0.2) is 4.98 Å². The van der Waals surface area contributed by atoms with Gasteiger partial charge in [0.15, 0.2) is 0 Å². The lowest BCUT2D eigenvalue weighted by Gasteiger charge is -2.34. The number of amides is 1. The zero-order chi connectivity index (χ0) is 18.5. The molecule has 0 unspecified atom stereocenters. The number of hydrogen-bond donors (Lipinski definition) is 1. The smallest absolute Gasteiger partial charge is 0.238 e. The van der Waals surface area contributed by atoms with Crippen molar-refractivity contribution < 1.29 is 4.79 Å². The maximum absolute atomic E-state index is 12.4.